The molecule has 2 heterocycles. The van der Waals surface area contributed by atoms with Gasteiger partial charge in [0, 0.05) is 17.8 Å². The van der Waals surface area contributed by atoms with E-state index in [0.29, 0.717) is 5.75 Å². The molecule has 0 bridgehead atoms. The molecule has 0 spiro atoms. The summed E-state index contributed by atoms with van der Waals surface area (Å²) >= 11 is 0. The molecule has 1 unspecified atom stereocenters. The second-order valence-corrected chi connectivity index (χ2v) is 6.32. The van der Waals surface area contributed by atoms with E-state index in [-0.39, 0.29) is 18.6 Å². The minimum absolute atomic E-state index is 0.0161. The normalized spacial score (nSPS) is 16.2. The number of benzene rings is 2. The minimum Gasteiger partial charge on any atom is -0.484 e. The Kier molecular flexibility index (Phi) is 4.35. The molecule has 7 heteroatoms. The monoisotopic (exact) mass is 349 g/mol. The Balaban J connectivity index is 1.49. The number of amides is 1. The predicted octanol–water partition coefficient (Wildman–Crippen LogP) is 2.41. The maximum atomic E-state index is 12.8. The van der Waals surface area contributed by atoms with Crippen LogP contribution in [0.3, 0.4) is 0 Å². The molecule has 0 saturated carbocycles. The standard InChI is InChI=1S/C19H19N5O2/c1-14-9-10-15-5-2-3-8-18(15)24(14)19(25)12-26-17-7-4-6-16(11-17)23-13-20-21-22-23/h2-8,11,13-14H,9-10,12H2,1H3. The van der Waals surface area contributed by atoms with Crippen LogP contribution < -0.4 is 9.64 Å². The predicted molar refractivity (Wildman–Crippen MR) is 96.4 cm³/mol. The molecule has 1 aliphatic heterocycles. The number of nitrogens with zero attached hydrogens (tertiary/aromatic N) is 5. The van der Waals surface area contributed by atoms with Crippen molar-refractivity contribution in [2.45, 2.75) is 25.8 Å². The molecule has 1 aliphatic rings. The number of carbonyl (C=O) groups excluding carboxylic acids is 1. The van der Waals surface area contributed by atoms with Gasteiger partial charge in [0.2, 0.25) is 0 Å². The van der Waals surface area contributed by atoms with Crippen molar-refractivity contribution in [1.82, 2.24) is 20.2 Å². The van der Waals surface area contributed by atoms with Crippen LogP contribution in [0.2, 0.25) is 0 Å². The van der Waals surface area contributed by atoms with Crippen molar-refractivity contribution in [3.05, 3.63) is 60.4 Å². The molecule has 26 heavy (non-hydrogen) atoms. The van der Waals surface area contributed by atoms with Crippen molar-refractivity contribution in [3.63, 3.8) is 0 Å². The van der Waals surface area contributed by atoms with Gasteiger partial charge in [0.1, 0.15) is 12.1 Å². The summed E-state index contributed by atoms with van der Waals surface area (Å²) in [4.78, 5) is 14.7. The van der Waals surface area contributed by atoms with E-state index in [2.05, 4.69) is 28.5 Å². The SMILES string of the molecule is CC1CCc2ccccc2N1C(=O)COc1cccc(-n2cnnn2)c1. The lowest BCUT2D eigenvalue weighted by molar-refractivity contribution is -0.121. The largest absolute Gasteiger partial charge is 0.484 e. The smallest absolute Gasteiger partial charge is 0.265 e. The zero-order valence-electron chi connectivity index (χ0n) is 14.4. The second kappa shape index (κ2) is 6.95. The first-order valence-electron chi connectivity index (χ1n) is 8.58. The van der Waals surface area contributed by atoms with Gasteiger partial charge in [0.15, 0.2) is 6.61 Å². The van der Waals surface area contributed by atoms with E-state index in [1.165, 1.54) is 16.6 Å². The molecule has 2 aromatic carbocycles. The van der Waals surface area contributed by atoms with Crippen LogP contribution in [-0.2, 0) is 11.2 Å². The summed E-state index contributed by atoms with van der Waals surface area (Å²) in [5.41, 5.74) is 2.97. The number of aromatic nitrogens is 4. The molecule has 3 aromatic rings. The molecule has 0 radical (unpaired) electrons. The number of anilines is 1. The Bertz CT molecular complexity index is 910. The fourth-order valence-corrected chi connectivity index (χ4v) is 3.28. The third-order valence-electron chi connectivity index (χ3n) is 4.59. The molecule has 4 rings (SSSR count). The molecule has 0 fully saturated rings. The van der Waals surface area contributed by atoms with Crippen LogP contribution in [0.25, 0.3) is 5.69 Å². The van der Waals surface area contributed by atoms with Crippen LogP contribution in [0.4, 0.5) is 5.69 Å². The minimum atomic E-state index is -0.0440. The van der Waals surface area contributed by atoms with Crippen molar-refractivity contribution in [2.75, 3.05) is 11.5 Å². The number of hydrogen-bond acceptors (Lipinski definition) is 5. The average molecular weight is 349 g/mol. The molecule has 0 N–H and O–H groups in total. The lowest BCUT2D eigenvalue weighted by Crippen LogP contribution is -2.44. The van der Waals surface area contributed by atoms with Crippen molar-refractivity contribution in [3.8, 4) is 11.4 Å². The molecule has 0 aliphatic carbocycles. The Morgan fingerprint density at radius 3 is 2.96 bits per heavy atom. The summed E-state index contributed by atoms with van der Waals surface area (Å²) < 4.78 is 7.29. The molecule has 1 aromatic heterocycles. The Morgan fingerprint density at radius 2 is 2.12 bits per heavy atom. The highest BCUT2D eigenvalue weighted by Gasteiger charge is 2.28. The highest BCUT2D eigenvalue weighted by atomic mass is 16.5. The third kappa shape index (κ3) is 3.15. The van der Waals surface area contributed by atoms with Gasteiger partial charge >= 0.3 is 0 Å². The fourth-order valence-electron chi connectivity index (χ4n) is 3.28. The highest BCUT2D eigenvalue weighted by Crippen LogP contribution is 2.30. The van der Waals surface area contributed by atoms with E-state index < -0.39 is 0 Å². The number of fused-ring (bicyclic) bond motifs is 1. The summed E-state index contributed by atoms with van der Waals surface area (Å²) in [5, 5.41) is 11.1. The van der Waals surface area contributed by atoms with Crippen molar-refractivity contribution in [1.29, 1.82) is 0 Å². The van der Waals surface area contributed by atoms with Crippen molar-refractivity contribution >= 4 is 11.6 Å². The van der Waals surface area contributed by atoms with Gasteiger partial charge in [-0.1, -0.05) is 24.3 Å². The average Bonchev–Trinajstić information content (AvgIpc) is 3.21. The number of hydrogen-bond donors (Lipinski definition) is 0. The van der Waals surface area contributed by atoms with Gasteiger partial charge in [-0.15, -0.1) is 5.10 Å². The zero-order chi connectivity index (χ0) is 17.9. The van der Waals surface area contributed by atoms with E-state index in [1.807, 2.05) is 41.3 Å². The summed E-state index contributed by atoms with van der Waals surface area (Å²) in [6.45, 7) is 2.06. The van der Waals surface area contributed by atoms with Crippen LogP contribution in [-0.4, -0.2) is 38.8 Å². The molecule has 1 atom stereocenters. The summed E-state index contributed by atoms with van der Waals surface area (Å²) in [7, 11) is 0. The van der Waals surface area contributed by atoms with Crippen LogP contribution in [0.5, 0.6) is 5.75 Å². The summed E-state index contributed by atoms with van der Waals surface area (Å²) in [6, 6.07) is 15.6. The Morgan fingerprint density at radius 1 is 1.23 bits per heavy atom. The van der Waals surface area contributed by atoms with E-state index in [1.54, 1.807) is 6.07 Å². The van der Waals surface area contributed by atoms with Gasteiger partial charge in [-0.25, -0.2) is 4.68 Å². The quantitative estimate of drug-likeness (QED) is 0.723. The van der Waals surface area contributed by atoms with E-state index in [4.69, 9.17) is 4.74 Å². The number of rotatable bonds is 4. The van der Waals surface area contributed by atoms with Gasteiger partial charge in [0.05, 0.1) is 5.69 Å². The van der Waals surface area contributed by atoms with Crippen LogP contribution in [0.1, 0.15) is 18.9 Å². The van der Waals surface area contributed by atoms with E-state index >= 15 is 0 Å². The maximum Gasteiger partial charge on any atom is 0.265 e. The van der Waals surface area contributed by atoms with Crippen molar-refractivity contribution in [2.24, 2.45) is 0 Å². The van der Waals surface area contributed by atoms with Crippen LogP contribution in [0.15, 0.2) is 54.9 Å². The number of tetrazole rings is 1. The Labute approximate surface area is 151 Å². The van der Waals surface area contributed by atoms with Crippen LogP contribution >= 0.6 is 0 Å². The Hall–Kier alpha value is -3.22. The lowest BCUT2D eigenvalue weighted by Gasteiger charge is -2.35. The summed E-state index contributed by atoms with van der Waals surface area (Å²) in [6.07, 6.45) is 3.46. The zero-order valence-corrected chi connectivity index (χ0v) is 14.4. The lowest BCUT2D eigenvalue weighted by atomic mass is 9.96. The first-order chi connectivity index (χ1) is 12.7. The molecule has 132 valence electrons. The number of aryl methyl sites for hydroxylation is 1. The first kappa shape index (κ1) is 16.3. The van der Waals surface area contributed by atoms with Gasteiger partial charge in [-0.3, -0.25) is 4.79 Å². The van der Waals surface area contributed by atoms with E-state index in [9.17, 15) is 4.79 Å². The molecular weight excluding hydrogens is 330 g/mol. The van der Waals surface area contributed by atoms with Gasteiger partial charge in [-0.05, 0) is 54.0 Å². The van der Waals surface area contributed by atoms with Gasteiger partial charge < -0.3 is 9.64 Å². The first-order valence-corrected chi connectivity index (χ1v) is 8.58. The molecule has 7 nitrogen and oxygen atoms in total. The molecule has 0 saturated heterocycles. The molecule has 1 amide bonds. The van der Waals surface area contributed by atoms with E-state index in [0.717, 1.165) is 24.2 Å². The molecular formula is C19H19N5O2. The maximum absolute atomic E-state index is 12.8. The highest BCUT2D eigenvalue weighted by molar-refractivity contribution is 5.96. The van der Waals surface area contributed by atoms with Crippen molar-refractivity contribution < 1.29 is 9.53 Å². The fraction of sp³-hybridized carbons (Fsp3) is 0.263. The summed E-state index contributed by atoms with van der Waals surface area (Å²) in [5.74, 6) is 0.557. The number of para-hydroxylation sites is 1. The topological polar surface area (TPSA) is 73.1 Å². The van der Waals surface area contributed by atoms with Gasteiger partial charge in [-0.2, -0.15) is 0 Å². The van der Waals surface area contributed by atoms with Gasteiger partial charge in [0.25, 0.3) is 5.91 Å². The third-order valence-corrected chi connectivity index (χ3v) is 4.59. The van der Waals surface area contributed by atoms with Crippen LogP contribution in [0, 0.1) is 0 Å². The second-order valence-electron chi connectivity index (χ2n) is 6.32. The number of carbonyl (C=O) groups is 1. The number of ether oxygens (including phenoxy) is 1.